The molecule has 11 heteroatoms. The van der Waals surface area contributed by atoms with Crippen LogP contribution in [-0.2, 0) is 10.0 Å². The highest BCUT2D eigenvalue weighted by molar-refractivity contribution is 7.90. The molecule has 0 aliphatic heterocycles. The number of methoxy groups -OCH3 is 1. The van der Waals surface area contributed by atoms with E-state index in [-0.39, 0.29) is 22.3 Å². The van der Waals surface area contributed by atoms with Crippen molar-refractivity contribution in [3.63, 3.8) is 0 Å². The molecular formula is C26H25N5O5S. The summed E-state index contributed by atoms with van der Waals surface area (Å²) in [6.07, 6.45) is 3.08. The fraction of sp³-hybridized carbons (Fsp3) is 0.154. The quantitative estimate of drug-likeness (QED) is 0.370. The Morgan fingerprint density at radius 1 is 0.973 bits per heavy atom. The molecule has 0 aliphatic carbocycles. The summed E-state index contributed by atoms with van der Waals surface area (Å²) in [5.41, 5.74) is 9.31. The number of nitrogen functional groups attached to an aromatic ring is 1. The van der Waals surface area contributed by atoms with Crippen molar-refractivity contribution in [2.75, 3.05) is 12.8 Å². The fourth-order valence-electron chi connectivity index (χ4n) is 3.75. The fourth-order valence-corrected chi connectivity index (χ4v) is 4.70. The largest absolute Gasteiger partial charge is 0.495 e. The van der Waals surface area contributed by atoms with Crippen molar-refractivity contribution < 1.29 is 22.7 Å². The summed E-state index contributed by atoms with van der Waals surface area (Å²) in [6, 6.07) is 12.5. The third-order valence-corrected chi connectivity index (χ3v) is 6.60. The van der Waals surface area contributed by atoms with Gasteiger partial charge in [-0.3, -0.25) is 9.78 Å². The van der Waals surface area contributed by atoms with E-state index in [0.29, 0.717) is 22.8 Å². The summed E-state index contributed by atoms with van der Waals surface area (Å²) < 4.78 is 39.0. The van der Waals surface area contributed by atoms with Crippen molar-refractivity contribution in [1.29, 1.82) is 0 Å². The Morgan fingerprint density at radius 3 is 2.38 bits per heavy atom. The Bertz CT molecular complexity index is 1580. The van der Waals surface area contributed by atoms with Crippen molar-refractivity contribution in [3.05, 3.63) is 83.2 Å². The molecule has 0 spiro atoms. The molecule has 3 N–H and O–H groups in total. The highest BCUT2D eigenvalue weighted by atomic mass is 32.2. The number of hydrogen-bond acceptors (Lipinski definition) is 9. The van der Waals surface area contributed by atoms with Crippen LogP contribution in [0.5, 0.6) is 17.4 Å². The minimum Gasteiger partial charge on any atom is -0.495 e. The Labute approximate surface area is 214 Å². The molecule has 0 bridgehead atoms. The van der Waals surface area contributed by atoms with Crippen LogP contribution in [0.15, 0.2) is 66.0 Å². The third-order valence-electron chi connectivity index (χ3n) is 5.37. The van der Waals surface area contributed by atoms with E-state index in [1.165, 1.54) is 43.6 Å². The molecule has 1 amide bonds. The van der Waals surface area contributed by atoms with Gasteiger partial charge < -0.3 is 15.2 Å². The summed E-state index contributed by atoms with van der Waals surface area (Å²) >= 11 is 0. The predicted octanol–water partition coefficient (Wildman–Crippen LogP) is 3.97. The molecular weight excluding hydrogens is 494 g/mol. The van der Waals surface area contributed by atoms with Gasteiger partial charge in [0.15, 0.2) is 5.03 Å². The lowest BCUT2D eigenvalue weighted by molar-refractivity contribution is 0.0981. The summed E-state index contributed by atoms with van der Waals surface area (Å²) in [6.45, 7) is 5.80. The van der Waals surface area contributed by atoms with E-state index < -0.39 is 15.9 Å². The van der Waals surface area contributed by atoms with Crippen LogP contribution in [0.3, 0.4) is 0 Å². The minimum atomic E-state index is -4.29. The third kappa shape index (κ3) is 5.84. The number of aryl methyl sites for hydroxylation is 3. The number of benzene rings is 1. The van der Waals surface area contributed by atoms with E-state index in [1.807, 2.05) is 37.6 Å². The number of amides is 1. The lowest BCUT2D eigenvalue weighted by Gasteiger charge is -2.14. The molecule has 4 rings (SSSR count). The number of nitrogens with zero attached hydrogens (tertiary/aromatic N) is 3. The molecule has 3 aromatic heterocycles. The molecule has 3 heterocycles. The second-order valence-electron chi connectivity index (χ2n) is 8.36. The first-order valence-electron chi connectivity index (χ1n) is 11.1. The maximum Gasteiger partial charge on any atom is 0.281 e. The molecule has 0 radical (unpaired) electrons. The second-order valence-corrected chi connectivity index (χ2v) is 9.99. The molecule has 0 unspecified atom stereocenters. The Kier molecular flexibility index (Phi) is 7.07. The van der Waals surface area contributed by atoms with Crippen LogP contribution in [0.4, 0.5) is 5.82 Å². The summed E-state index contributed by atoms with van der Waals surface area (Å²) in [7, 11) is -2.79. The Hall–Kier alpha value is -4.51. The van der Waals surface area contributed by atoms with Crippen LogP contribution in [0.1, 0.15) is 27.0 Å². The number of sulfonamides is 1. The summed E-state index contributed by atoms with van der Waals surface area (Å²) in [5, 5.41) is -0.380. The number of rotatable bonds is 7. The molecule has 0 aliphatic rings. The van der Waals surface area contributed by atoms with Gasteiger partial charge in [0.25, 0.3) is 15.9 Å². The van der Waals surface area contributed by atoms with Gasteiger partial charge in [-0.1, -0.05) is 23.8 Å². The van der Waals surface area contributed by atoms with Crippen molar-refractivity contribution >= 4 is 21.7 Å². The van der Waals surface area contributed by atoms with Gasteiger partial charge in [0.1, 0.15) is 17.3 Å². The van der Waals surface area contributed by atoms with Gasteiger partial charge in [-0.25, -0.2) is 14.7 Å². The Balaban J connectivity index is 1.77. The van der Waals surface area contributed by atoms with Crippen LogP contribution < -0.4 is 19.9 Å². The highest BCUT2D eigenvalue weighted by Gasteiger charge is 2.22. The molecule has 0 saturated heterocycles. The number of aromatic nitrogens is 3. The maximum atomic E-state index is 13.1. The molecule has 37 heavy (non-hydrogen) atoms. The molecule has 0 fully saturated rings. The first-order valence-corrected chi connectivity index (χ1v) is 12.6. The number of ether oxygens (including phenoxy) is 2. The SMILES string of the molecule is COc1cncc(-c2cc(C(=O)NS(=O)(=O)c3cccc(N)n3)cc(Oc3c(C)cc(C)cc3C)n2)c1. The number of anilines is 1. The van der Waals surface area contributed by atoms with Crippen LogP contribution >= 0.6 is 0 Å². The smallest absolute Gasteiger partial charge is 0.281 e. The van der Waals surface area contributed by atoms with E-state index in [0.717, 1.165) is 16.7 Å². The van der Waals surface area contributed by atoms with Crippen molar-refractivity contribution in [2.45, 2.75) is 25.8 Å². The zero-order valence-electron chi connectivity index (χ0n) is 20.6. The lowest BCUT2D eigenvalue weighted by Crippen LogP contribution is -2.31. The van der Waals surface area contributed by atoms with Crippen molar-refractivity contribution in [1.82, 2.24) is 19.7 Å². The molecule has 190 valence electrons. The first-order chi connectivity index (χ1) is 17.6. The average molecular weight is 520 g/mol. The topological polar surface area (TPSA) is 146 Å². The van der Waals surface area contributed by atoms with E-state index in [9.17, 15) is 13.2 Å². The van der Waals surface area contributed by atoms with E-state index >= 15 is 0 Å². The predicted molar refractivity (Wildman–Crippen MR) is 138 cm³/mol. The van der Waals surface area contributed by atoms with E-state index in [1.54, 1.807) is 12.3 Å². The molecule has 4 aromatic rings. The van der Waals surface area contributed by atoms with Gasteiger partial charge in [-0.15, -0.1) is 0 Å². The summed E-state index contributed by atoms with van der Waals surface area (Å²) in [4.78, 5) is 25.6. The minimum absolute atomic E-state index is 0.00212. The average Bonchev–Trinajstić information content (AvgIpc) is 2.86. The number of nitrogens with one attached hydrogen (secondary N) is 1. The van der Waals surface area contributed by atoms with Crippen molar-refractivity contribution in [3.8, 4) is 28.6 Å². The van der Waals surface area contributed by atoms with Crippen molar-refractivity contribution in [2.24, 2.45) is 0 Å². The number of hydrogen-bond donors (Lipinski definition) is 2. The van der Waals surface area contributed by atoms with Crippen LogP contribution in [0, 0.1) is 20.8 Å². The van der Waals surface area contributed by atoms with Crippen LogP contribution in [-0.4, -0.2) is 36.4 Å². The van der Waals surface area contributed by atoms with Gasteiger partial charge in [0.2, 0.25) is 5.88 Å². The van der Waals surface area contributed by atoms with Gasteiger partial charge in [-0.2, -0.15) is 8.42 Å². The van der Waals surface area contributed by atoms with E-state index in [4.69, 9.17) is 15.2 Å². The van der Waals surface area contributed by atoms with Gasteiger partial charge in [0, 0.05) is 23.4 Å². The molecule has 10 nitrogen and oxygen atoms in total. The normalized spacial score (nSPS) is 11.1. The van der Waals surface area contributed by atoms with Crippen LogP contribution in [0.2, 0.25) is 0 Å². The highest BCUT2D eigenvalue weighted by Crippen LogP contribution is 2.31. The van der Waals surface area contributed by atoms with E-state index in [2.05, 4.69) is 15.0 Å². The second kappa shape index (κ2) is 10.2. The number of carbonyl (C=O) groups excluding carboxylic acids is 1. The standard InChI is InChI=1S/C26H25N5O5S/c1-15-8-16(2)25(17(3)9-15)36-23-12-18(11-21(29-23)19-10-20(35-4)14-28-13-19)26(32)31-37(33,34)24-7-5-6-22(27)30-24/h5-14H,1-4H3,(H2,27,30)(H,31,32). The zero-order chi connectivity index (χ0) is 26.7. The number of pyridine rings is 3. The summed E-state index contributed by atoms with van der Waals surface area (Å²) in [5.74, 6) is 0.275. The van der Waals surface area contributed by atoms with Gasteiger partial charge in [-0.05, 0) is 56.2 Å². The molecule has 0 saturated carbocycles. The first kappa shape index (κ1) is 25.6. The van der Waals surface area contributed by atoms with Gasteiger partial charge >= 0.3 is 0 Å². The number of carbonyl (C=O) groups is 1. The maximum absolute atomic E-state index is 13.1. The number of nitrogens with two attached hydrogens (primary N) is 1. The monoisotopic (exact) mass is 519 g/mol. The van der Waals surface area contributed by atoms with Crippen LogP contribution in [0.25, 0.3) is 11.3 Å². The lowest BCUT2D eigenvalue weighted by atomic mass is 10.1. The molecule has 1 aromatic carbocycles. The molecule has 0 atom stereocenters. The Morgan fingerprint density at radius 2 is 1.70 bits per heavy atom. The zero-order valence-corrected chi connectivity index (χ0v) is 21.5. The van der Waals surface area contributed by atoms with Gasteiger partial charge in [0.05, 0.1) is 19.0 Å².